The molecule has 1 unspecified atom stereocenters. The van der Waals surface area contributed by atoms with Crippen molar-refractivity contribution in [2.75, 3.05) is 0 Å². The minimum Gasteiger partial charge on any atom is -0.0804 e. The highest BCUT2D eigenvalue weighted by atomic mass is 33.1. The molecule has 0 nitrogen and oxygen atoms in total. The molecule has 0 aromatic carbocycles. The maximum atomic E-state index is 2.53. The zero-order valence-corrected chi connectivity index (χ0v) is 14.0. The van der Waals surface area contributed by atoms with Crippen molar-refractivity contribution in [2.24, 2.45) is 10.8 Å². The van der Waals surface area contributed by atoms with Gasteiger partial charge in [-0.25, -0.2) is 0 Å². The summed E-state index contributed by atoms with van der Waals surface area (Å²) in [5.74, 6) is 0. The minimum atomic E-state index is 0.132. The van der Waals surface area contributed by atoms with Crippen molar-refractivity contribution in [2.45, 2.75) is 52.7 Å². The van der Waals surface area contributed by atoms with Crippen molar-refractivity contribution in [3.8, 4) is 0 Å². The van der Waals surface area contributed by atoms with E-state index in [1.54, 1.807) is 0 Å². The third-order valence-corrected chi connectivity index (χ3v) is 7.45. The van der Waals surface area contributed by atoms with Gasteiger partial charge in [0.15, 0.2) is 0 Å². The van der Waals surface area contributed by atoms with Crippen molar-refractivity contribution in [3.05, 3.63) is 34.8 Å². The van der Waals surface area contributed by atoms with Crippen LogP contribution < -0.4 is 0 Å². The highest BCUT2D eigenvalue weighted by Gasteiger charge is 2.48. The summed E-state index contributed by atoms with van der Waals surface area (Å²) in [5, 5.41) is 0. The van der Waals surface area contributed by atoms with Gasteiger partial charge in [0.25, 0.3) is 0 Å². The first-order valence-corrected chi connectivity index (χ1v) is 8.78. The molecule has 2 aliphatic rings. The molecule has 0 aromatic rings. The molecular formula is C16H24S2. The number of hydrogen-bond acceptors (Lipinski definition) is 2. The largest absolute Gasteiger partial charge is 0.0804 e. The fourth-order valence-electron chi connectivity index (χ4n) is 2.32. The van der Waals surface area contributed by atoms with Crippen LogP contribution >= 0.6 is 21.6 Å². The lowest BCUT2D eigenvalue weighted by atomic mass is 9.74. The fraction of sp³-hybridized carbons (Fsp3) is 0.625. The van der Waals surface area contributed by atoms with Gasteiger partial charge in [0.05, 0.1) is 4.75 Å². The lowest BCUT2D eigenvalue weighted by molar-refractivity contribution is 0.365. The predicted octanol–water partition coefficient (Wildman–Crippen LogP) is 5.98. The first-order valence-electron chi connectivity index (χ1n) is 6.63. The summed E-state index contributed by atoms with van der Waals surface area (Å²) in [7, 11) is 4.01. The third-order valence-electron chi connectivity index (χ3n) is 3.65. The first-order chi connectivity index (χ1) is 8.17. The van der Waals surface area contributed by atoms with Gasteiger partial charge in [0.1, 0.15) is 0 Å². The monoisotopic (exact) mass is 280 g/mol. The van der Waals surface area contributed by atoms with E-state index in [9.17, 15) is 0 Å². The Labute approximate surface area is 120 Å². The molecule has 2 heteroatoms. The Morgan fingerprint density at radius 2 is 1.78 bits per heavy atom. The maximum Gasteiger partial charge on any atom is 0.0751 e. The summed E-state index contributed by atoms with van der Waals surface area (Å²) in [6, 6.07) is 0. The molecule has 1 atom stereocenters. The Kier molecular flexibility index (Phi) is 3.57. The smallest absolute Gasteiger partial charge is 0.0751 e. The van der Waals surface area contributed by atoms with E-state index in [0.717, 1.165) is 6.42 Å². The third kappa shape index (κ3) is 2.34. The average Bonchev–Trinajstić information content (AvgIpc) is 2.85. The van der Waals surface area contributed by atoms with Gasteiger partial charge < -0.3 is 0 Å². The molecule has 0 aromatic heterocycles. The van der Waals surface area contributed by atoms with Crippen molar-refractivity contribution < 1.29 is 0 Å². The summed E-state index contributed by atoms with van der Waals surface area (Å²) >= 11 is 0. The summed E-state index contributed by atoms with van der Waals surface area (Å²) in [5.41, 5.74) is 1.98. The molecule has 0 N–H and O–H groups in total. The van der Waals surface area contributed by atoms with Crippen molar-refractivity contribution >= 4 is 21.6 Å². The molecule has 0 saturated carbocycles. The van der Waals surface area contributed by atoms with Gasteiger partial charge in [0, 0.05) is 0 Å². The Morgan fingerprint density at radius 1 is 1.11 bits per heavy atom. The van der Waals surface area contributed by atoms with Crippen LogP contribution in [0.4, 0.5) is 0 Å². The summed E-state index contributed by atoms with van der Waals surface area (Å²) in [6.07, 6.45) is 10.6. The topological polar surface area (TPSA) is 0 Å². The van der Waals surface area contributed by atoms with Crippen LogP contribution in [0.2, 0.25) is 0 Å². The molecule has 0 spiro atoms. The molecule has 0 fully saturated rings. The second-order valence-corrected chi connectivity index (χ2v) is 9.63. The van der Waals surface area contributed by atoms with Gasteiger partial charge in [-0.2, -0.15) is 0 Å². The Morgan fingerprint density at radius 3 is 2.17 bits per heavy atom. The van der Waals surface area contributed by atoms with Crippen LogP contribution in [-0.4, -0.2) is 4.75 Å². The molecule has 0 bridgehead atoms. The predicted molar refractivity (Wildman–Crippen MR) is 86.7 cm³/mol. The molecule has 0 saturated heterocycles. The fourth-order valence-corrected chi connectivity index (χ4v) is 6.50. The van der Waals surface area contributed by atoms with Crippen LogP contribution in [0.1, 0.15) is 48.0 Å². The van der Waals surface area contributed by atoms with Crippen LogP contribution in [0.3, 0.4) is 0 Å². The lowest BCUT2D eigenvalue weighted by Gasteiger charge is -2.40. The van der Waals surface area contributed by atoms with Gasteiger partial charge in [-0.05, 0) is 27.7 Å². The van der Waals surface area contributed by atoms with Crippen molar-refractivity contribution in [1.82, 2.24) is 0 Å². The minimum absolute atomic E-state index is 0.132. The highest BCUT2D eigenvalue weighted by molar-refractivity contribution is 8.79. The molecule has 0 amide bonds. The summed E-state index contributed by atoms with van der Waals surface area (Å²) < 4.78 is 0.132. The maximum absolute atomic E-state index is 2.53. The van der Waals surface area contributed by atoms with E-state index in [1.165, 1.54) is 10.5 Å². The zero-order chi connectivity index (χ0) is 13.6. The van der Waals surface area contributed by atoms with Crippen LogP contribution in [-0.2, 0) is 0 Å². The average molecular weight is 281 g/mol. The lowest BCUT2D eigenvalue weighted by Crippen LogP contribution is -2.37. The number of hydrogen-bond donors (Lipinski definition) is 0. The van der Waals surface area contributed by atoms with Gasteiger partial charge >= 0.3 is 0 Å². The molecule has 0 radical (unpaired) electrons. The summed E-state index contributed by atoms with van der Waals surface area (Å²) in [6.45, 7) is 14.0. The molecular weight excluding hydrogens is 256 g/mol. The molecule has 2 rings (SSSR count). The van der Waals surface area contributed by atoms with Crippen molar-refractivity contribution in [3.63, 3.8) is 0 Å². The molecule has 100 valence electrons. The normalized spacial score (nSPS) is 28.6. The van der Waals surface area contributed by atoms with Gasteiger partial charge in [0.2, 0.25) is 0 Å². The highest BCUT2D eigenvalue weighted by Crippen LogP contribution is 2.63. The second-order valence-electron chi connectivity index (χ2n) is 7.21. The van der Waals surface area contributed by atoms with Crippen molar-refractivity contribution in [1.29, 1.82) is 0 Å². The molecule has 18 heavy (non-hydrogen) atoms. The van der Waals surface area contributed by atoms with E-state index in [4.69, 9.17) is 0 Å². The van der Waals surface area contributed by atoms with Crippen LogP contribution in [0.15, 0.2) is 34.8 Å². The number of rotatable bonds is 1. The first kappa shape index (κ1) is 14.3. The Bertz CT molecular complexity index is 427. The van der Waals surface area contributed by atoms with Gasteiger partial charge in [-0.3, -0.25) is 0 Å². The second kappa shape index (κ2) is 4.49. The van der Waals surface area contributed by atoms with E-state index in [0.29, 0.717) is 0 Å². The van der Waals surface area contributed by atoms with Crippen LogP contribution in [0.5, 0.6) is 0 Å². The Hall–Kier alpha value is -0.0800. The van der Waals surface area contributed by atoms with E-state index >= 15 is 0 Å². The number of allylic oxidation sites excluding steroid dienone is 4. The summed E-state index contributed by atoms with van der Waals surface area (Å²) in [4.78, 5) is 1.52. The van der Waals surface area contributed by atoms with Gasteiger partial charge in [-0.15, -0.1) is 0 Å². The SMILES string of the molecule is CC(C)(C)C1=CC(C2=CCC=C2)(C(C)(C)C)SS1. The standard InChI is InChI=1S/C16H24S2/c1-14(2,3)13-11-16(18-17-13,15(4,5)6)12-9-7-8-10-12/h7,9-11H,8H2,1-6H3. The van der Waals surface area contributed by atoms with Crippen LogP contribution in [0, 0.1) is 10.8 Å². The van der Waals surface area contributed by atoms with E-state index in [-0.39, 0.29) is 15.6 Å². The van der Waals surface area contributed by atoms with E-state index < -0.39 is 0 Å². The molecule has 1 aliphatic carbocycles. The van der Waals surface area contributed by atoms with Crippen LogP contribution in [0.25, 0.3) is 0 Å². The van der Waals surface area contributed by atoms with E-state index in [2.05, 4.69) is 65.8 Å². The molecule has 1 aliphatic heterocycles. The Balaban J connectivity index is 2.48. The molecule has 1 heterocycles. The van der Waals surface area contributed by atoms with Gasteiger partial charge in [-0.1, -0.05) is 87.4 Å². The quantitative estimate of drug-likeness (QED) is 0.542. The van der Waals surface area contributed by atoms with E-state index in [1.807, 2.05) is 21.6 Å². The zero-order valence-electron chi connectivity index (χ0n) is 12.3.